The van der Waals surface area contributed by atoms with Gasteiger partial charge >= 0.3 is 0 Å². The van der Waals surface area contributed by atoms with E-state index in [9.17, 15) is 14.9 Å². The third-order valence-electron chi connectivity index (χ3n) is 3.34. The van der Waals surface area contributed by atoms with Gasteiger partial charge < -0.3 is 14.8 Å². The number of anilines is 1. The fourth-order valence-corrected chi connectivity index (χ4v) is 2.34. The molecule has 0 aliphatic heterocycles. The summed E-state index contributed by atoms with van der Waals surface area (Å²) in [6, 6.07) is 12.5. The Morgan fingerprint density at radius 1 is 1.19 bits per heavy atom. The number of nitrogens with one attached hydrogen (secondary N) is 2. The fourth-order valence-electron chi connectivity index (χ4n) is 2.12. The van der Waals surface area contributed by atoms with E-state index in [0.29, 0.717) is 31.3 Å². The van der Waals surface area contributed by atoms with Crippen LogP contribution in [0.4, 0.5) is 11.4 Å². The summed E-state index contributed by atoms with van der Waals surface area (Å²) >= 11 is 5.12. The monoisotopic (exact) mass is 389 g/mol. The van der Waals surface area contributed by atoms with E-state index in [2.05, 4.69) is 10.6 Å². The van der Waals surface area contributed by atoms with Crippen LogP contribution in [0.1, 0.15) is 17.3 Å². The van der Waals surface area contributed by atoms with E-state index in [4.69, 9.17) is 21.7 Å². The Morgan fingerprint density at radius 2 is 1.96 bits per heavy atom. The minimum Gasteiger partial charge on any atom is -0.491 e. The molecule has 0 aliphatic carbocycles. The van der Waals surface area contributed by atoms with Crippen molar-refractivity contribution >= 4 is 34.6 Å². The minimum atomic E-state index is -0.565. The molecule has 0 unspecified atom stereocenters. The number of nitro groups is 1. The Morgan fingerprint density at radius 3 is 2.70 bits per heavy atom. The SMILES string of the molecule is CCOCCOc1cccc(NC(=S)NC(=O)c2cccc([N+](=O)[O-])c2)c1. The molecule has 0 radical (unpaired) electrons. The van der Waals surface area contributed by atoms with E-state index in [1.54, 1.807) is 24.3 Å². The molecule has 0 fully saturated rings. The molecule has 142 valence electrons. The molecule has 0 aromatic heterocycles. The number of non-ortho nitro benzene ring substituents is 1. The average Bonchev–Trinajstić information content (AvgIpc) is 2.65. The first-order chi connectivity index (χ1) is 13.0. The molecule has 2 N–H and O–H groups in total. The highest BCUT2D eigenvalue weighted by atomic mass is 32.1. The lowest BCUT2D eigenvalue weighted by molar-refractivity contribution is -0.384. The van der Waals surface area contributed by atoms with E-state index < -0.39 is 10.8 Å². The summed E-state index contributed by atoms with van der Waals surface area (Å²) in [5.74, 6) is 0.0906. The van der Waals surface area contributed by atoms with Crippen LogP contribution in [0, 0.1) is 10.1 Å². The zero-order valence-electron chi connectivity index (χ0n) is 14.6. The lowest BCUT2D eigenvalue weighted by Gasteiger charge is -2.11. The predicted molar refractivity (Wildman–Crippen MR) is 105 cm³/mol. The van der Waals surface area contributed by atoms with Gasteiger partial charge in [-0.05, 0) is 37.3 Å². The second kappa shape index (κ2) is 10.2. The molecule has 0 heterocycles. The number of benzene rings is 2. The molecule has 2 rings (SSSR count). The lowest BCUT2D eigenvalue weighted by Crippen LogP contribution is -2.34. The van der Waals surface area contributed by atoms with Crippen molar-refractivity contribution in [3.63, 3.8) is 0 Å². The summed E-state index contributed by atoms with van der Waals surface area (Å²) in [7, 11) is 0. The van der Waals surface area contributed by atoms with Crippen molar-refractivity contribution in [1.82, 2.24) is 5.32 Å². The van der Waals surface area contributed by atoms with Gasteiger partial charge in [0.2, 0.25) is 0 Å². The molecule has 0 saturated heterocycles. The van der Waals surface area contributed by atoms with Crippen LogP contribution in [-0.4, -0.2) is 35.8 Å². The third-order valence-corrected chi connectivity index (χ3v) is 3.54. The number of nitrogens with zero attached hydrogens (tertiary/aromatic N) is 1. The van der Waals surface area contributed by atoms with E-state index in [1.807, 2.05) is 6.92 Å². The summed E-state index contributed by atoms with van der Waals surface area (Å²) < 4.78 is 10.8. The maximum Gasteiger partial charge on any atom is 0.270 e. The first-order valence-electron chi connectivity index (χ1n) is 8.17. The van der Waals surface area contributed by atoms with Crippen LogP contribution in [0.2, 0.25) is 0 Å². The van der Waals surface area contributed by atoms with Gasteiger partial charge in [0.25, 0.3) is 11.6 Å². The van der Waals surface area contributed by atoms with Crippen LogP contribution in [0.5, 0.6) is 5.75 Å². The van der Waals surface area contributed by atoms with Gasteiger partial charge in [0.1, 0.15) is 12.4 Å². The van der Waals surface area contributed by atoms with Crippen LogP contribution in [0.15, 0.2) is 48.5 Å². The van der Waals surface area contributed by atoms with Crippen molar-refractivity contribution < 1.29 is 19.2 Å². The molecule has 9 heteroatoms. The smallest absolute Gasteiger partial charge is 0.270 e. The molecule has 2 aromatic carbocycles. The largest absolute Gasteiger partial charge is 0.491 e. The molecule has 8 nitrogen and oxygen atoms in total. The Balaban J connectivity index is 1.92. The highest BCUT2D eigenvalue weighted by Gasteiger charge is 2.12. The zero-order chi connectivity index (χ0) is 19.6. The minimum absolute atomic E-state index is 0.0676. The topological polar surface area (TPSA) is 103 Å². The second-order valence-electron chi connectivity index (χ2n) is 5.29. The first-order valence-corrected chi connectivity index (χ1v) is 8.58. The Bertz CT molecular complexity index is 828. The van der Waals surface area contributed by atoms with Gasteiger partial charge in [0.05, 0.1) is 11.5 Å². The molecule has 0 spiro atoms. The molecular formula is C18H19N3O5S. The number of rotatable bonds is 8. The van der Waals surface area contributed by atoms with Crippen LogP contribution >= 0.6 is 12.2 Å². The van der Waals surface area contributed by atoms with Crippen molar-refractivity contribution in [1.29, 1.82) is 0 Å². The lowest BCUT2D eigenvalue weighted by atomic mass is 10.2. The third kappa shape index (κ3) is 6.65. The van der Waals surface area contributed by atoms with Crippen LogP contribution < -0.4 is 15.4 Å². The number of ether oxygens (including phenoxy) is 2. The Kier molecular flexibility index (Phi) is 7.65. The van der Waals surface area contributed by atoms with E-state index >= 15 is 0 Å². The van der Waals surface area contributed by atoms with Gasteiger partial charge in [-0.15, -0.1) is 0 Å². The summed E-state index contributed by atoms with van der Waals surface area (Å²) in [4.78, 5) is 22.4. The summed E-state index contributed by atoms with van der Waals surface area (Å²) in [6.07, 6.45) is 0. The number of hydrogen-bond acceptors (Lipinski definition) is 6. The predicted octanol–water partition coefficient (Wildman–Crippen LogP) is 3.14. The van der Waals surface area contributed by atoms with Gasteiger partial charge in [-0.25, -0.2) is 0 Å². The molecule has 0 saturated carbocycles. The maximum atomic E-state index is 12.2. The number of carbonyl (C=O) groups excluding carboxylic acids is 1. The maximum absolute atomic E-state index is 12.2. The van der Waals surface area contributed by atoms with E-state index in [1.165, 1.54) is 24.3 Å². The van der Waals surface area contributed by atoms with Crippen molar-refractivity contribution in [3.8, 4) is 5.75 Å². The quantitative estimate of drug-likeness (QED) is 0.309. The number of carbonyl (C=O) groups is 1. The normalized spacial score (nSPS) is 10.1. The number of nitro benzene ring substituents is 1. The van der Waals surface area contributed by atoms with Crippen LogP contribution in [0.25, 0.3) is 0 Å². The van der Waals surface area contributed by atoms with Crippen molar-refractivity contribution in [3.05, 3.63) is 64.2 Å². The highest BCUT2D eigenvalue weighted by molar-refractivity contribution is 7.80. The van der Waals surface area contributed by atoms with E-state index in [0.717, 1.165) is 0 Å². The standard InChI is InChI=1S/C18H19N3O5S/c1-2-25-9-10-26-16-8-4-6-14(12-16)19-18(27)20-17(22)13-5-3-7-15(11-13)21(23)24/h3-8,11-12H,2,9-10H2,1H3,(H2,19,20,22,27). The van der Waals surface area contributed by atoms with Gasteiger partial charge in [0, 0.05) is 36.1 Å². The molecule has 0 aliphatic rings. The Hall–Kier alpha value is -3.04. The second-order valence-corrected chi connectivity index (χ2v) is 5.70. The Labute approximate surface area is 161 Å². The molecular weight excluding hydrogens is 370 g/mol. The molecule has 2 aromatic rings. The average molecular weight is 389 g/mol. The molecule has 27 heavy (non-hydrogen) atoms. The van der Waals surface area contributed by atoms with Gasteiger partial charge in [-0.2, -0.15) is 0 Å². The van der Waals surface area contributed by atoms with Gasteiger partial charge in [-0.1, -0.05) is 12.1 Å². The van der Waals surface area contributed by atoms with Crippen molar-refractivity contribution in [2.45, 2.75) is 6.92 Å². The van der Waals surface area contributed by atoms with Crippen molar-refractivity contribution in [2.75, 3.05) is 25.1 Å². The van der Waals surface area contributed by atoms with Gasteiger partial charge in [0.15, 0.2) is 5.11 Å². The van der Waals surface area contributed by atoms with E-state index in [-0.39, 0.29) is 16.4 Å². The fraction of sp³-hybridized carbons (Fsp3) is 0.222. The molecule has 0 atom stereocenters. The number of amides is 1. The van der Waals surface area contributed by atoms with Gasteiger partial charge in [-0.3, -0.25) is 20.2 Å². The molecule has 1 amide bonds. The summed E-state index contributed by atoms with van der Waals surface area (Å²) in [5, 5.41) is 16.2. The number of hydrogen-bond donors (Lipinski definition) is 2. The van der Waals surface area contributed by atoms with Crippen LogP contribution in [-0.2, 0) is 4.74 Å². The highest BCUT2D eigenvalue weighted by Crippen LogP contribution is 2.17. The number of thiocarbonyl (C=S) groups is 1. The zero-order valence-corrected chi connectivity index (χ0v) is 15.5. The first kappa shape index (κ1) is 20.3. The summed E-state index contributed by atoms with van der Waals surface area (Å²) in [5.41, 5.74) is 0.605. The van der Waals surface area contributed by atoms with Crippen molar-refractivity contribution in [2.24, 2.45) is 0 Å². The molecule has 0 bridgehead atoms. The van der Waals surface area contributed by atoms with Crippen LogP contribution in [0.3, 0.4) is 0 Å². The summed E-state index contributed by atoms with van der Waals surface area (Å²) in [6.45, 7) is 3.45.